The minimum atomic E-state index is -0.0621. The van der Waals surface area contributed by atoms with Gasteiger partial charge < -0.3 is 5.32 Å². The molecule has 2 aromatic heterocycles. The van der Waals surface area contributed by atoms with Gasteiger partial charge in [0.1, 0.15) is 0 Å². The molecule has 0 atom stereocenters. The molecular weight excluding hydrogens is 330 g/mol. The average molecular weight is 349 g/mol. The maximum atomic E-state index is 12.4. The summed E-state index contributed by atoms with van der Waals surface area (Å²) in [5.74, 6) is 0.872. The Labute approximate surface area is 151 Å². The number of amides is 1. The van der Waals surface area contributed by atoms with Crippen molar-refractivity contribution in [1.82, 2.24) is 15.3 Å². The molecule has 1 aromatic carbocycles. The van der Waals surface area contributed by atoms with Crippen molar-refractivity contribution in [2.45, 2.75) is 18.4 Å². The number of nitrogens with one attached hydrogen (secondary N) is 1. The van der Waals surface area contributed by atoms with E-state index in [0.717, 1.165) is 27.5 Å². The van der Waals surface area contributed by atoms with Crippen LogP contribution in [0.25, 0.3) is 11.3 Å². The molecule has 0 unspecified atom stereocenters. The molecular formula is C20H19N3OS. The lowest BCUT2D eigenvalue weighted by Gasteiger charge is -2.09. The van der Waals surface area contributed by atoms with Gasteiger partial charge in [-0.1, -0.05) is 25.1 Å². The highest BCUT2D eigenvalue weighted by atomic mass is 32.2. The van der Waals surface area contributed by atoms with Crippen molar-refractivity contribution in [1.29, 1.82) is 0 Å². The molecule has 2 heterocycles. The first-order valence-corrected chi connectivity index (χ1v) is 9.12. The van der Waals surface area contributed by atoms with Gasteiger partial charge in [-0.15, -0.1) is 11.8 Å². The molecule has 4 nitrogen and oxygen atoms in total. The summed E-state index contributed by atoms with van der Waals surface area (Å²) in [5, 5.41) is 2.97. The SMILES string of the molecule is CCSc1ccccc1C(=O)NCc1ccc(-c2cccnc2)nc1. The van der Waals surface area contributed by atoms with E-state index in [0.29, 0.717) is 12.1 Å². The van der Waals surface area contributed by atoms with Crippen LogP contribution in [0.5, 0.6) is 0 Å². The van der Waals surface area contributed by atoms with Crippen LogP contribution >= 0.6 is 11.8 Å². The topological polar surface area (TPSA) is 54.9 Å². The zero-order valence-corrected chi connectivity index (χ0v) is 14.8. The average Bonchev–Trinajstić information content (AvgIpc) is 2.68. The zero-order valence-electron chi connectivity index (χ0n) is 14.0. The van der Waals surface area contributed by atoms with Gasteiger partial charge in [0.25, 0.3) is 5.91 Å². The van der Waals surface area contributed by atoms with Crippen LogP contribution in [0.4, 0.5) is 0 Å². The summed E-state index contributed by atoms with van der Waals surface area (Å²) in [4.78, 5) is 22.0. The smallest absolute Gasteiger partial charge is 0.252 e. The molecule has 1 N–H and O–H groups in total. The Balaban J connectivity index is 1.65. The molecule has 3 rings (SSSR count). The molecule has 25 heavy (non-hydrogen) atoms. The van der Waals surface area contributed by atoms with Crippen molar-refractivity contribution in [2.24, 2.45) is 0 Å². The molecule has 0 radical (unpaired) electrons. The molecule has 0 saturated carbocycles. The van der Waals surface area contributed by atoms with E-state index in [-0.39, 0.29) is 5.91 Å². The quantitative estimate of drug-likeness (QED) is 0.678. The van der Waals surface area contributed by atoms with Gasteiger partial charge in [0.2, 0.25) is 0 Å². The third kappa shape index (κ3) is 4.45. The number of nitrogens with zero attached hydrogens (tertiary/aromatic N) is 2. The minimum absolute atomic E-state index is 0.0621. The highest BCUT2D eigenvalue weighted by Gasteiger charge is 2.10. The molecule has 1 amide bonds. The molecule has 0 spiro atoms. The summed E-state index contributed by atoms with van der Waals surface area (Å²) in [6.07, 6.45) is 5.31. The standard InChI is InChI=1S/C20H19N3OS/c1-2-25-19-8-4-3-7-17(19)20(24)23-13-15-9-10-18(22-12-15)16-6-5-11-21-14-16/h3-12,14H,2,13H2,1H3,(H,23,24). The summed E-state index contributed by atoms with van der Waals surface area (Å²) >= 11 is 1.67. The van der Waals surface area contributed by atoms with E-state index < -0.39 is 0 Å². The van der Waals surface area contributed by atoms with Gasteiger partial charge >= 0.3 is 0 Å². The third-order valence-corrected chi connectivity index (χ3v) is 4.62. The highest BCUT2D eigenvalue weighted by molar-refractivity contribution is 7.99. The van der Waals surface area contributed by atoms with E-state index in [4.69, 9.17) is 0 Å². The summed E-state index contributed by atoms with van der Waals surface area (Å²) in [5.41, 5.74) is 3.52. The van der Waals surface area contributed by atoms with Gasteiger partial charge in [0, 0.05) is 35.6 Å². The van der Waals surface area contributed by atoms with Crippen molar-refractivity contribution >= 4 is 17.7 Å². The Hall–Kier alpha value is -2.66. The minimum Gasteiger partial charge on any atom is -0.348 e. The van der Waals surface area contributed by atoms with E-state index >= 15 is 0 Å². The monoisotopic (exact) mass is 349 g/mol. The van der Waals surface area contributed by atoms with Gasteiger partial charge in [-0.25, -0.2) is 0 Å². The Bertz CT molecular complexity index is 835. The number of aromatic nitrogens is 2. The Kier molecular flexibility index (Phi) is 5.80. The molecule has 0 aliphatic heterocycles. The van der Waals surface area contributed by atoms with E-state index in [1.807, 2.05) is 48.5 Å². The van der Waals surface area contributed by atoms with Crippen molar-refractivity contribution in [3.05, 3.63) is 78.2 Å². The van der Waals surface area contributed by atoms with Crippen LogP contribution in [-0.2, 0) is 6.54 Å². The molecule has 0 aliphatic carbocycles. The second-order valence-electron chi connectivity index (χ2n) is 5.41. The number of rotatable bonds is 6. The second-order valence-corrected chi connectivity index (χ2v) is 6.71. The number of carbonyl (C=O) groups excluding carboxylic acids is 1. The van der Waals surface area contributed by atoms with Crippen LogP contribution in [0.2, 0.25) is 0 Å². The van der Waals surface area contributed by atoms with Crippen LogP contribution in [0.1, 0.15) is 22.8 Å². The first kappa shape index (κ1) is 17.2. The fourth-order valence-electron chi connectivity index (χ4n) is 2.43. The maximum absolute atomic E-state index is 12.4. The molecule has 3 aromatic rings. The number of hydrogen-bond donors (Lipinski definition) is 1. The first-order chi connectivity index (χ1) is 12.3. The van der Waals surface area contributed by atoms with Crippen molar-refractivity contribution in [2.75, 3.05) is 5.75 Å². The number of carbonyl (C=O) groups is 1. The van der Waals surface area contributed by atoms with Gasteiger partial charge in [-0.05, 0) is 41.6 Å². The lowest BCUT2D eigenvalue weighted by Crippen LogP contribution is -2.23. The van der Waals surface area contributed by atoms with E-state index in [1.54, 1.807) is 30.4 Å². The molecule has 0 aliphatic rings. The number of pyridine rings is 2. The van der Waals surface area contributed by atoms with E-state index in [9.17, 15) is 4.79 Å². The van der Waals surface area contributed by atoms with Crippen molar-refractivity contribution < 1.29 is 4.79 Å². The normalized spacial score (nSPS) is 10.4. The number of thioether (sulfide) groups is 1. The number of benzene rings is 1. The Morgan fingerprint density at radius 2 is 1.96 bits per heavy atom. The van der Waals surface area contributed by atoms with E-state index in [2.05, 4.69) is 22.2 Å². The summed E-state index contributed by atoms with van der Waals surface area (Å²) in [6, 6.07) is 15.5. The van der Waals surface area contributed by atoms with Gasteiger partial charge in [-0.3, -0.25) is 14.8 Å². The lowest BCUT2D eigenvalue weighted by atomic mass is 10.1. The van der Waals surface area contributed by atoms with Gasteiger partial charge in [0.05, 0.1) is 11.3 Å². The zero-order chi connectivity index (χ0) is 17.5. The molecule has 126 valence electrons. The second kappa shape index (κ2) is 8.44. The summed E-state index contributed by atoms with van der Waals surface area (Å²) in [7, 11) is 0. The molecule has 0 fully saturated rings. The Morgan fingerprint density at radius 3 is 2.68 bits per heavy atom. The predicted molar refractivity (Wildman–Crippen MR) is 101 cm³/mol. The summed E-state index contributed by atoms with van der Waals surface area (Å²) in [6.45, 7) is 2.53. The van der Waals surface area contributed by atoms with Crippen LogP contribution in [0.15, 0.2) is 72.0 Å². The molecule has 0 bridgehead atoms. The molecule has 5 heteroatoms. The fraction of sp³-hybridized carbons (Fsp3) is 0.150. The first-order valence-electron chi connectivity index (χ1n) is 8.13. The third-order valence-electron chi connectivity index (χ3n) is 3.67. The predicted octanol–water partition coefficient (Wildman–Crippen LogP) is 4.19. The van der Waals surface area contributed by atoms with Crippen LogP contribution in [0, 0.1) is 0 Å². The van der Waals surface area contributed by atoms with Crippen molar-refractivity contribution in [3.63, 3.8) is 0 Å². The maximum Gasteiger partial charge on any atom is 0.252 e. The van der Waals surface area contributed by atoms with Crippen LogP contribution in [0.3, 0.4) is 0 Å². The molecule has 0 saturated heterocycles. The van der Waals surface area contributed by atoms with Crippen molar-refractivity contribution in [3.8, 4) is 11.3 Å². The van der Waals surface area contributed by atoms with Crippen LogP contribution in [-0.4, -0.2) is 21.6 Å². The Morgan fingerprint density at radius 1 is 1.08 bits per heavy atom. The van der Waals surface area contributed by atoms with Gasteiger partial charge in [-0.2, -0.15) is 0 Å². The fourth-order valence-corrected chi connectivity index (χ4v) is 3.23. The van der Waals surface area contributed by atoms with E-state index in [1.165, 1.54) is 0 Å². The van der Waals surface area contributed by atoms with Gasteiger partial charge in [0.15, 0.2) is 0 Å². The number of hydrogen-bond acceptors (Lipinski definition) is 4. The highest BCUT2D eigenvalue weighted by Crippen LogP contribution is 2.22. The lowest BCUT2D eigenvalue weighted by molar-refractivity contribution is 0.0948. The largest absolute Gasteiger partial charge is 0.348 e. The summed E-state index contributed by atoms with van der Waals surface area (Å²) < 4.78 is 0. The van der Waals surface area contributed by atoms with Crippen LogP contribution < -0.4 is 5.32 Å².